The SMILES string of the molecule is O=C(Nc1ccc(Cl)cc1)c1ccnc(NCc2ccc3c(c2)OCO3)n1. The van der Waals surface area contributed by atoms with Crippen LogP contribution in [0.15, 0.2) is 54.7 Å². The highest BCUT2D eigenvalue weighted by molar-refractivity contribution is 6.30. The third-order valence-corrected chi connectivity index (χ3v) is 4.13. The Hall–Kier alpha value is -3.32. The van der Waals surface area contributed by atoms with Crippen LogP contribution in [0.4, 0.5) is 11.6 Å². The first-order chi connectivity index (χ1) is 13.2. The molecule has 27 heavy (non-hydrogen) atoms. The molecule has 1 aliphatic heterocycles. The molecule has 1 amide bonds. The number of hydrogen-bond donors (Lipinski definition) is 2. The molecule has 7 nitrogen and oxygen atoms in total. The van der Waals surface area contributed by atoms with Crippen molar-refractivity contribution in [1.82, 2.24) is 9.97 Å². The number of benzene rings is 2. The molecule has 0 spiro atoms. The fraction of sp³-hybridized carbons (Fsp3) is 0.105. The molecule has 0 saturated carbocycles. The Morgan fingerprint density at radius 2 is 1.89 bits per heavy atom. The number of aromatic nitrogens is 2. The van der Waals surface area contributed by atoms with Gasteiger partial charge in [-0.1, -0.05) is 17.7 Å². The Morgan fingerprint density at radius 3 is 2.74 bits per heavy atom. The van der Waals surface area contributed by atoms with Crippen LogP contribution in [0.25, 0.3) is 0 Å². The fourth-order valence-electron chi connectivity index (χ4n) is 2.53. The van der Waals surface area contributed by atoms with E-state index in [1.807, 2.05) is 18.2 Å². The maximum atomic E-state index is 12.4. The number of rotatable bonds is 5. The zero-order valence-corrected chi connectivity index (χ0v) is 14.9. The Kier molecular flexibility index (Phi) is 4.76. The van der Waals surface area contributed by atoms with Gasteiger partial charge in [0, 0.05) is 23.5 Å². The first-order valence-electron chi connectivity index (χ1n) is 8.20. The topological polar surface area (TPSA) is 85.4 Å². The molecule has 2 N–H and O–H groups in total. The highest BCUT2D eigenvalue weighted by Crippen LogP contribution is 2.32. The first kappa shape index (κ1) is 17.1. The second-order valence-electron chi connectivity index (χ2n) is 5.77. The van der Waals surface area contributed by atoms with E-state index >= 15 is 0 Å². The van der Waals surface area contributed by atoms with Gasteiger partial charge in [0.2, 0.25) is 12.7 Å². The van der Waals surface area contributed by atoms with E-state index in [4.69, 9.17) is 21.1 Å². The van der Waals surface area contributed by atoms with E-state index in [9.17, 15) is 4.79 Å². The number of anilines is 2. The van der Waals surface area contributed by atoms with Gasteiger partial charge >= 0.3 is 0 Å². The zero-order valence-electron chi connectivity index (χ0n) is 14.1. The maximum Gasteiger partial charge on any atom is 0.274 e. The summed E-state index contributed by atoms with van der Waals surface area (Å²) in [6.45, 7) is 0.721. The Bertz CT molecular complexity index is 979. The van der Waals surface area contributed by atoms with Crippen molar-refractivity contribution in [2.45, 2.75) is 6.54 Å². The van der Waals surface area contributed by atoms with E-state index in [2.05, 4.69) is 20.6 Å². The van der Waals surface area contributed by atoms with Crippen LogP contribution in [0.1, 0.15) is 16.1 Å². The molecule has 1 aliphatic rings. The smallest absolute Gasteiger partial charge is 0.274 e. The van der Waals surface area contributed by atoms with E-state index in [1.165, 1.54) is 6.20 Å². The highest BCUT2D eigenvalue weighted by atomic mass is 35.5. The summed E-state index contributed by atoms with van der Waals surface area (Å²) < 4.78 is 10.7. The van der Waals surface area contributed by atoms with Crippen molar-refractivity contribution in [3.05, 3.63) is 71.0 Å². The van der Waals surface area contributed by atoms with Gasteiger partial charge in [0.05, 0.1) is 0 Å². The Balaban J connectivity index is 1.41. The molecule has 3 aromatic rings. The summed E-state index contributed by atoms with van der Waals surface area (Å²) in [5.41, 5.74) is 1.88. The Labute approximate surface area is 160 Å². The fourth-order valence-corrected chi connectivity index (χ4v) is 2.66. The number of carbonyl (C=O) groups is 1. The minimum atomic E-state index is -0.328. The minimum Gasteiger partial charge on any atom is -0.454 e. The predicted molar refractivity (Wildman–Crippen MR) is 101 cm³/mol. The van der Waals surface area contributed by atoms with Crippen LogP contribution in [-0.4, -0.2) is 22.7 Å². The molecule has 0 unspecified atom stereocenters. The van der Waals surface area contributed by atoms with Crippen LogP contribution in [0, 0.1) is 0 Å². The van der Waals surface area contributed by atoms with E-state index in [0.717, 1.165) is 11.3 Å². The van der Waals surface area contributed by atoms with Crippen molar-refractivity contribution in [2.75, 3.05) is 17.4 Å². The van der Waals surface area contributed by atoms with Gasteiger partial charge in [-0.25, -0.2) is 9.97 Å². The molecule has 0 bridgehead atoms. The lowest BCUT2D eigenvalue weighted by Gasteiger charge is -2.08. The monoisotopic (exact) mass is 382 g/mol. The predicted octanol–water partition coefficient (Wildman–Crippen LogP) is 3.72. The van der Waals surface area contributed by atoms with E-state index < -0.39 is 0 Å². The maximum absolute atomic E-state index is 12.4. The molecular formula is C19H15ClN4O3. The third-order valence-electron chi connectivity index (χ3n) is 3.88. The molecule has 0 saturated heterocycles. The van der Waals surface area contributed by atoms with Crippen LogP contribution in [-0.2, 0) is 6.54 Å². The number of amides is 1. The van der Waals surface area contributed by atoms with Crippen LogP contribution in [0.2, 0.25) is 5.02 Å². The molecule has 0 radical (unpaired) electrons. The van der Waals surface area contributed by atoms with Crippen molar-refractivity contribution in [1.29, 1.82) is 0 Å². The van der Waals surface area contributed by atoms with Crippen LogP contribution in [0.5, 0.6) is 11.5 Å². The molecule has 8 heteroatoms. The number of halogens is 1. The molecule has 2 heterocycles. The quantitative estimate of drug-likeness (QED) is 0.699. The molecule has 0 aliphatic carbocycles. The molecular weight excluding hydrogens is 368 g/mol. The van der Waals surface area contributed by atoms with Gasteiger partial charge in [-0.15, -0.1) is 0 Å². The summed E-state index contributed by atoms with van der Waals surface area (Å²) in [7, 11) is 0. The summed E-state index contributed by atoms with van der Waals surface area (Å²) in [6.07, 6.45) is 1.53. The lowest BCUT2D eigenvalue weighted by Crippen LogP contribution is -2.15. The van der Waals surface area contributed by atoms with Crippen molar-refractivity contribution < 1.29 is 14.3 Å². The van der Waals surface area contributed by atoms with E-state index in [-0.39, 0.29) is 18.4 Å². The number of nitrogens with zero attached hydrogens (tertiary/aromatic N) is 2. The standard InChI is InChI=1S/C19H15ClN4O3/c20-13-2-4-14(5-3-13)23-18(25)15-7-8-21-19(24-15)22-10-12-1-6-16-17(9-12)27-11-26-16/h1-9H,10-11H2,(H,23,25)(H,21,22,24). The van der Waals surface area contributed by atoms with Crippen molar-refractivity contribution in [3.63, 3.8) is 0 Å². The number of ether oxygens (including phenoxy) is 2. The van der Waals surface area contributed by atoms with Crippen molar-refractivity contribution in [3.8, 4) is 11.5 Å². The van der Waals surface area contributed by atoms with Gasteiger partial charge in [-0.3, -0.25) is 4.79 Å². The van der Waals surface area contributed by atoms with Gasteiger partial charge in [0.25, 0.3) is 5.91 Å². The number of hydrogen-bond acceptors (Lipinski definition) is 6. The number of carbonyl (C=O) groups excluding carboxylic acids is 1. The largest absolute Gasteiger partial charge is 0.454 e. The number of nitrogens with one attached hydrogen (secondary N) is 2. The second kappa shape index (κ2) is 7.51. The summed E-state index contributed by atoms with van der Waals surface area (Å²) in [5, 5.41) is 6.47. The van der Waals surface area contributed by atoms with E-state index in [0.29, 0.717) is 29.0 Å². The summed E-state index contributed by atoms with van der Waals surface area (Å²) in [4.78, 5) is 20.8. The zero-order chi connectivity index (χ0) is 18.6. The van der Waals surface area contributed by atoms with Gasteiger partial charge in [-0.2, -0.15) is 0 Å². The molecule has 136 valence electrons. The average Bonchev–Trinajstić information content (AvgIpc) is 3.16. The molecule has 4 rings (SSSR count). The van der Waals surface area contributed by atoms with E-state index in [1.54, 1.807) is 30.3 Å². The summed E-state index contributed by atoms with van der Waals surface area (Å²) >= 11 is 5.85. The van der Waals surface area contributed by atoms with Crippen LogP contribution in [0.3, 0.4) is 0 Å². The second-order valence-corrected chi connectivity index (χ2v) is 6.20. The Morgan fingerprint density at radius 1 is 1.07 bits per heavy atom. The summed E-state index contributed by atoms with van der Waals surface area (Å²) in [5.74, 6) is 1.48. The third kappa shape index (κ3) is 4.09. The van der Waals surface area contributed by atoms with Crippen molar-refractivity contribution in [2.24, 2.45) is 0 Å². The molecule has 1 aromatic heterocycles. The highest BCUT2D eigenvalue weighted by Gasteiger charge is 2.13. The van der Waals surface area contributed by atoms with Gasteiger partial charge in [0.15, 0.2) is 11.5 Å². The molecule has 0 fully saturated rings. The minimum absolute atomic E-state index is 0.236. The normalized spacial score (nSPS) is 11.9. The van der Waals surface area contributed by atoms with Gasteiger partial charge < -0.3 is 20.1 Å². The molecule has 0 atom stereocenters. The lowest BCUT2D eigenvalue weighted by atomic mass is 10.2. The average molecular weight is 383 g/mol. The lowest BCUT2D eigenvalue weighted by molar-refractivity contribution is 0.102. The van der Waals surface area contributed by atoms with Gasteiger partial charge in [0.1, 0.15) is 5.69 Å². The van der Waals surface area contributed by atoms with Gasteiger partial charge in [-0.05, 0) is 48.0 Å². The summed E-state index contributed by atoms with van der Waals surface area (Å²) in [6, 6.07) is 14.1. The number of fused-ring (bicyclic) bond motifs is 1. The van der Waals surface area contributed by atoms with Crippen LogP contribution >= 0.6 is 11.6 Å². The van der Waals surface area contributed by atoms with Crippen molar-refractivity contribution >= 4 is 29.1 Å². The first-order valence-corrected chi connectivity index (χ1v) is 8.57. The van der Waals surface area contributed by atoms with Crippen LogP contribution < -0.4 is 20.1 Å². The molecule has 2 aromatic carbocycles.